The van der Waals surface area contributed by atoms with Crippen molar-refractivity contribution in [3.63, 3.8) is 0 Å². The summed E-state index contributed by atoms with van der Waals surface area (Å²) in [5.41, 5.74) is 8.20. The first-order valence-corrected chi connectivity index (χ1v) is 7.31. The van der Waals surface area contributed by atoms with Crippen LogP contribution in [0.5, 0.6) is 0 Å². The van der Waals surface area contributed by atoms with Crippen LogP contribution in [0.3, 0.4) is 0 Å². The largest absolute Gasteiger partial charge is 0.379 e. The van der Waals surface area contributed by atoms with Gasteiger partial charge in [-0.2, -0.15) is 0 Å². The molecule has 19 heavy (non-hydrogen) atoms. The van der Waals surface area contributed by atoms with Crippen LogP contribution in [0.2, 0.25) is 5.02 Å². The van der Waals surface area contributed by atoms with E-state index in [0.717, 1.165) is 21.9 Å². The molecule has 0 aliphatic heterocycles. The van der Waals surface area contributed by atoms with Crippen LogP contribution in [0.1, 0.15) is 11.1 Å². The highest BCUT2D eigenvalue weighted by molar-refractivity contribution is 8.13. The van der Waals surface area contributed by atoms with Gasteiger partial charge in [-0.25, -0.2) is 0 Å². The molecule has 0 aliphatic rings. The Morgan fingerprint density at radius 3 is 2.53 bits per heavy atom. The predicted molar refractivity (Wildman–Crippen MR) is 84.5 cm³/mol. The van der Waals surface area contributed by atoms with E-state index in [2.05, 4.69) is 4.99 Å². The van der Waals surface area contributed by atoms with Gasteiger partial charge in [-0.3, -0.25) is 4.99 Å². The Kier molecular flexibility index (Phi) is 5.31. The predicted octanol–water partition coefficient (Wildman–Crippen LogP) is 4.09. The van der Waals surface area contributed by atoms with E-state index < -0.39 is 0 Å². The first kappa shape index (κ1) is 14.0. The second-order valence-corrected chi connectivity index (χ2v) is 5.49. The number of nitrogens with zero attached hydrogens (tertiary/aromatic N) is 1. The number of benzene rings is 2. The molecule has 0 aromatic heterocycles. The molecule has 0 unspecified atom stereocenters. The lowest BCUT2D eigenvalue weighted by Crippen LogP contribution is -2.07. The monoisotopic (exact) mass is 290 g/mol. The third-order valence-corrected chi connectivity index (χ3v) is 3.67. The molecule has 0 aliphatic carbocycles. The molecule has 2 rings (SSSR count). The molecule has 0 fully saturated rings. The van der Waals surface area contributed by atoms with Gasteiger partial charge in [0.15, 0.2) is 5.17 Å². The fraction of sp³-hybridized carbons (Fsp3) is 0.133. The van der Waals surface area contributed by atoms with Crippen LogP contribution in [-0.4, -0.2) is 5.17 Å². The molecule has 2 aromatic carbocycles. The van der Waals surface area contributed by atoms with E-state index >= 15 is 0 Å². The lowest BCUT2D eigenvalue weighted by atomic mass is 10.2. The molecule has 0 spiro atoms. The van der Waals surface area contributed by atoms with Gasteiger partial charge in [0.2, 0.25) is 0 Å². The van der Waals surface area contributed by atoms with Crippen LogP contribution < -0.4 is 5.73 Å². The fourth-order valence-corrected chi connectivity index (χ4v) is 2.45. The Balaban J connectivity index is 1.86. The summed E-state index contributed by atoms with van der Waals surface area (Å²) < 4.78 is 0. The molecule has 0 saturated heterocycles. The number of aliphatic imine (C=N–C) groups is 1. The molecular weight excluding hydrogens is 276 g/mol. The smallest absolute Gasteiger partial charge is 0.154 e. The molecule has 0 amide bonds. The zero-order valence-electron chi connectivity index (χ0n) is 10.4. The summed E-state index contributed by atoms with van der Waals surface area (Å²) in [6, 6.07) is 17.8. The van der Waals surface area contributed by atoms with E-state index in [1.165, 1.54) is 11.8 Å². The van der Waals surface area contributed by atoms with E-state index in [1.54, 1.807) is 0 Å². The molecule has 2 aromatic rings. The van der Waals surface area contributed by atoms with Crippen LogP contribution in [0.15, 0.2) is 59.6 Å². The van der Waals surface area contributed by atoms with Gasteiger partial charge in [0, 0.05) is 10.8 Å². The van der Waals surface area contributed by atoms with Crippen molar-refractivity contribution in [3.05, 3.63) is 70.7 Å². The van der Waals surface area contributed by atoms with Crippen LogP contribution in [-0.2, 0) is 12.3 Å². The zero-order chi connectivity index (χ0) is 13.5. The van der Waals surface area contributed by atoms with Gasteiger partial charge in [-0.15, -0.1) is 0 Å². The quantitative estimate of drug-likeness (QED) is 0.680. The van der Waals surface area contributed by atoms with E-state index in [4.69, 9.17) is 17.3 Å². The van der Waals surface area contributed by atoms with E-state index in [0.29, 0.717) is 11.7 Å². The Labute approximate surface area is 122 Å². The molecule has 98 valence electrons. The highest BCUT2D eigenvalue weighted by Gasteiger charge is 1.98. The van der Waals surface area contributed by atoms with Crippen molar-refractivity contribution in [2.45, 2.75) is 12.3 Å². The third-order valence-electron chi connectivity index (χ3n) is 2.54. The van der Waals surface area contributed by atoms with Gasteiger partial charge in [0.1, 0.15) is 0 Å². The normalized spacial score (nSPS) is 11.5. The average molecular weight is 291 g/mol. The van der Waals surface area contributed by atoms with Gasteiger partial charge in [0.05, 0.1) is 6.54 Å². The third kappa shape index (κ3) is 4.97. The maximum absolute atomic E-state index is 5.93. The first-order chi connectivity index (χ1) is 9.24. The number of thioether (sulfide) groups is 1. The molecule has 0 bridgehead atoms. The van der Waals surface area contributed by atoms with Crippen molar-refractivity contribution < 1.29 is 0 Å². The number of rotatable bonds is 4. The molecule has 2 nitrogen and oxygen atoms in total. The number of nitrogens with two attached hydrogens (primary N) is 1. The highest BCUT2D eigenvalue weighted by atomic mass is 35.5. The Bertz CT molecular complexity index is 555. The van der Waals surface area contributed by atoms with Gasteiger partial charge in [-0.1, -0.05) is 65.8 Å². The molecular formula is C15H15ClN2S. The lowest BCUT2D eigenvalue weighted by molar-refractivity contribution is 1.07. The first-order valence-electron chi connectivity index (χ1n) is 5.95. The summed E-state index contributed by atoms with van der Waals surface area (Å²) >= 11 is 7.46. The summed E-state index contributed by atoms with van der Waals surface area (Å²) in [6.45, 7) is 0.620. The summed E-state index contributed by atoms with van der Waals surface area (Å²) in [5.74, 6) is 0.782. The minimum absolute atomic E-state index is 0.601. The zero-order valence-corrected chi connectivity index (χ0v) is 12.0. The molecule has 0 radical (unpaired) electrons. The van der Waals surface area contributed by atoms with Crippen LogP contribution >= 0.6 is 23.4 Å². The van der Waals surface area contributed by atoms with E-state index in [9.17, 15) is 0 Å². The number of halogens is 1. The minimum Gasteiger partial charge on any atom is -0.379 e. The van der Waals surface area contributed by atoms with Crippen molar-refractivity contribution in [3.8, 4) is 0 Å². The molecule has 0 heterocycles. The molecule has 2 N–H and O–H groups in total. The van der Waals surface area contributed by atoms with Crippen molar-refractivity contribution in [1.82, 2.24) is 0 Å². The van der Waals surface area contributed by atoms with Crippen LogP contribution in [0.25, 0.3) is 0 Å². The second kappa shape index (κ2) is 7.22. The molecule has 4 heteroatoms. The van der Waals surface area contributed by atoms with Crippen molar-refractivity contribution >= 4 is 28.5 Å². The number of amidine groups is 1. The van der Waals surface area contributed by atoms with Crippen molar-refractivity contribution in [2.24, 2.45) is 10.7 Å². The standard InChI is InChI=1S/C15H15ClN2S/c16-14-8-4-7-13(9-14)11-19-15(17)18-10-12-5-2-1-3-6-12/h1-9H,10-11H2,(H2,17,18). The van der Waals surface area contributed by atoms with Crippen molar-refractivity contribution in [2.75, 3.05) is 0 Å². The summed E-state index contributed by atoms with van der Waals surface area (Å²) in [4.78, 5) is 4.36. The summed E-state index contributed by atoms with van der Waals surface area (Å²) in [6.07, 6.45) is 0. The van der Waals surface area contributed by atoms with Gasteiger partial charge in [0.25, 0.3) is 0 Å². The maximum Gasteiger partial charge on any atom is 0.154 e. The van der Waals surface area contributed by atoms with Gasteiger partial charge >= 0.3 is 0 Å². The Hall–Kier alpha value is -1.45. The maximum atomic E-state index is 5.93. The number of hydrogen-bond donors (Lipinski definition) is 1. The van der Waals surface area contributed by atoms with Crippen LogP contribution in [0, 0.1) is 0 Å². The fourth-order valence-electron chi connectivity index (χ4n) is 1.58. The lowest BCUT2D eigenvalue weighted by Gasteiger charge is -2.02. The second-order valence-electron chi connectivity index (χ2n) is 4.06. The highest BCUT2D eigenvalue weighted by Crippen LogP contribution is 2.16. The molecule has 0 saturated carbocycles. The topological polar surface area (TPSA) is 38.4 Å². The van der Waals surface area contributed by atoms with Crippen LogP contribution in [0.4, 0.5) is 0 Å². The Morgan fingerprint density at radius 2 is 1.79 bits per heavy atom. The summed E-state index contributed by atoms with van der Waals surface area (Å²) in [5, 5.41) is 1.35. The van der Waals surface area contributed by atoms with Gasteiger partial charge in [-0.05, 0) is 23.3 Å². The summed E-state index contributed by atoms with van der Waals surface area (Å²) in [7, 11) is 0. The number of hydrogen-bond acceptors (Lipinski definition) is 2. The minimum atomic E-state index is 0.601. The van der Waals surface area contributed by atoms with Crippen molar-refractivity contribution in [1.29, 1.82) is 0 Å². The van der Waals surface area contributed by atoms with E-state index in [-0.39, 0.29) is 0 Å². The Morgan fingerprint density at radius 1 is 1.05 bits per heavy atom. The van der Waals surface area contributed by atoms with Gasteiger partial charge < -0.3 is 5.73 Å². The molecule has 0 atom stereocenters. The SMILES string of the molecule is NC(=NCc1ccccc1)SCc1cccc(Cl)c1. The van der Waals surface area contributed by atoms with E-state index in [1.807, 2.05) is 54.6 Å². The average Bonchev–Trinajstić information content (AvgIpc) is 2.44.